The Morgan fingerprint density at radius 2 is 1.66 bits per heavy atom. The molecule has 4 rings (SSSR count). The number of carbonyl (C=O) groups excluding carboxylic acids is 2. The predicted octanol–water partition coefficient (Wildman–Crippen LogP) is 7.94. The average molecular weight is 651 g/mol. The van der Waals surface area contributed by atoms with E-state index in [1.807, 2.05) is 0 Å². The van der Waals surface area contributed by atoms with Crippen molar-refractivity contribution in [2.45, 2.75) is 90.3 Å². The van der Waals surface area contributed by atoms with Gasteiger partial charge in [0.15, 0.2) is 0 Å². The first-order valence-electron chi connectivity index (χ1n) is 14.9. The summed E-state index contributed by atoms with van der Waals surface area (Å²) < 4.78 is 28.8. The number of amides is 2. The van der Waals surface area contributed by atoms with Gasteiger partial charge in [0, 0.05) is 33.6 Å². The number of hydrogen-bond acceptors (Lipinski definition) is 4. The molecule has 1 fully saturated rings. The van der Waals surface area contributed by atoms with Crippen molar-refractivity contribution in [3.8, 4) is 0 Å². The molecule has 238 valence electrons. The van der Waals surface area contributed by atoms with Gasteiger partial charge in [0.2, 0.25) is 5.92 Å². The van der Waals surface area contributed by atoms with Crippen molar-refractivity contribution in [1.29, 1.82) is 0 Å². The van der Waals surface area contributed by atoms with E-state index in [1.165, 1.54) is 0 Å². The van der Waals surface area contributed by atoms with E-state index >= 15 is 0 Å². The minimum absolute atomic E-state index is 0.000357. The lowest BCUT2D eigenvalue weighted by molar-refractivity contribution is -0.137. The molecule has 2 aromatic carbocycles. The number of nitrogens with zero attached hydrogens (tertiary/aromatic N) is 2. The average Bonchev–Trinajstić information content (AvgIpc) is 3.19. The van der Waals surface area contributed by atoms with Crippen molar-refractivity contribution in [1.82, 2.24) is 10.2 Å². The second-order valence-corrected chi connectivity index (χ2v) is 14.0. The van der Waals surface area contributed by atoms with E-state index in [2.05, 4.69) is 26.1 Å². The number of carboxylic acid groups (broad SMARTS) is 1. The molecular formula is C33H39Cl2F2N3O4. The Morgan fingerprint density at radius 3 is 2.18 bits per heavy atom. The van der Waals surface area contributed by atoms with Crippen molar-refractivity contribution in [2.24, 2.45) is 16.3 Å². The molecule has 0 aromatic heterocycles. The summed E-state index contributed by atoms with van der Waals surface area (Å²) in [6.45, 7) is 7.28. The molecule has 44 heavy (non-hydrogen) atoms. The standard InChI is InChI=1S/C33H39Cl2F2N3O4/c1-31(2,3)13-11-26(20-5-7-21(8-6-20)29(43)38-16-12-27(41)42)40-30(44)28(22-17-24(34)19-25(35)18-22)39-33(40)14-9-23(10-15-33)32(4,36)37/h5-8,17-19,23,26H,9-16H2,1-4H3,(H,38,43)(H,41,42)/t23?,26-,33?/m1/s1. The van der Waals surface area contributed by atoms with Gasteiger partial charge in [-0.25, -0.2) is 8.78 Å². The topological polar surface area (TPSA) is 99.1 Å². The molecule has 1 aliphatic carbocycles. The highest BCUT2D eigenvalue weighted by Gasteiger charge is 2.54. The van der Waals surface area contributed by atoms with Gasteiger partial charge in [-0.15, -0.1) is 0 Å². The van der Waals surface area contributed by atoms with Crippen molar-refractivity contribution in [3.05, 3.63) is 69.2 Å². The molecular weight excluding hydrogens is 611 g/mol. The van der Waals surface area contributed by atoms with Crippen LogP contribution in [0.25, 0.3) is 0 Å². The summed E-state index contributed by atoms with van der Waals surface area (Å²) in [7, 11) is 0. The van der Waals surface area contributed by atoms with E-state index < -0.39 is 35.4 Å². The van der Waals surface area contributed by atoms with Gasteiger partial charge in [0.1, 0.15) is 11.4 Å². The van der Waals surface area contributed by atoms with Crippen LogP contribution in [0.4, 0.5) is 8.78 Å². The van der Waals surface area contributed by atoms with Crippen molar-refractivity contribution >= 4 is 46.7 Å². The third-order valence-electron chi connectivity index (χ3n) is 8.49. The molecule has 0 radical (unpaired) electrons. The number of benzene rings is 2. The van der Waals surface area contributed by atoms with Gasteiger partial charge in [-0.2, -0.15) is 0 Å². The first-order chi connectivity index (χ1) is 20.5. The highest BCUT2D eigenvalue weighted by Crippen LogP contribution is 2.50. The second kappa shape index (κ2) is 13.1. The van der Waals surface area contributed by atoms with Gasteiger partial charge in [0.25, 0.3) is 11.8 Å². The molecule has 11 heteroatoms. The van der Waals surface area contributed by atoms with Gasteiger partial charge in [0.05, 0.1) is 12.5 Å². The molecule has 7 nitrogen and oxygen atoms in total. The van der Waals surface area contributed by atoms with E-state index in [1.54, 1.807) is 47.4 Å². The molecule has 1 atom stereocenters. The van der Waals surface area contributed by atoms with Gasteiger partial charge in [-0.05, 0) is 86.8 Å². The number of aliphatic carboxylic acids is 1. The van der Waals surface area contributed by atoms with Gasteiger partial charge >= 0.3 is 5.97 Å². The number of hydrogen-bond donors (Lipinski definition) is 2. The lowest BCUT2D eigenvalue weighted by Gasteiger charge is -2.46. The summed E-state index contributed by atoms with van der Waals surface area (Å²) >= 11 is 12.6. The third kappa shape index (κ3) is 7.96. The van der Waals surface area contributed by atoms with Crippen LogP contribution >= 0.6 is 23.2 Å². The molecule has 2 amide bonds. The third-order valence-corrected chi connectivity index (χ3v) is 8.93. The van der Waals surface area contributed by atoms with Crippen LogP contribution in [0, 0.1) is 11.3 Å². The molecule has 2 aliphatic rings. The Hall–Kier alpha value is -3.04. The second-order valence-electron chi connectivity index (χ2n) is 13.1. The summed E-state index contributed by atoms with van der Waals surface area (Å²) in [5, 5.41) is 12.2. The molecule has 1 aliphatic heterocycles. The smallest absolute Gasteiger partial charge is 0.305 e. The molecule has 0 saturated heterocycles. The Kier molecular flexibility index (Phi) is 10.1. The summed E-state index contributed by atoms with van der Waals surface area (Å²) in [5.41, 5.74) is 0.717. The molecule has 0 unspecified atom stereocenters. The van der Waals surface area contributed by atoms with Crippen LogP contribution in [-0.2, 0) is 9.59 Å². The highest BCUT2D eigenvalue weighted by molar-refractivity contribution is 6.47. The number of nitrogens with one attached hydrogen (secondary N) is 1. The largest absolute Gasteiger partial charge is 0.481 e. The van der Waals surface area contributed by atoms with Crippen LogP contribution in [-0.4, -0.2) is 51.6 Å². The summed E-state index contributed by atoms with van der Waals surface area (Å²) in [6.07, 6.45) is 2.12. The molecule has 1 spiro atoms. The number of carboxylic acids is 1. The Labute approximate surface area is 267 Å². The van der Waals surface area contributed by atoms with Gasteiger partial charge in [-0.3, -0.25) is 19.4 Å². The monoisotopic (exact) mass is 649 g/mol. The molecule has 2 N–H and O–H groups in total. The van der Waals surface area contributed by atoms with E-state index in [4.69, 9.17) is 33.3 Å². The van der Waals surface area contributed by atoms with Crippen LogP contribution in [0.15, 0.2) is 47.5 Å². The first kappa shape index (κ1) is 33.8. The number of alkyl halides is 2. The van der Waals surface area contributed by atoms with E-state index in [-0.39, 0.29) is 55.7 Å². The number of aliphatic imine (C=N–C) groups is 1. The lowest BCUT2D eigenvalue weighted by atomic mass is 9.77. The van der Waals surface area contributed by atoms with Crippen molar-refractivity contribution in [2.75, 3.05) is 6.54 Å². The Balaban J connectivity index is 1.74. The highest BCUT2D eigenvalue weighted by atomic mass is 35.5. The van der Waals surface area contributed by atoms with E-state index in [9.17, 15) is 23.2 Å². The SMILES string of the molecule is CC(C)(C)CC[C@H](c1ccc(C(=O)NCCC(=O)O)cc1)N1C(=O)C(c2cc(Cl)cc(Cl)c2)=NC12CCC(C(C)(F)F)CC2. The summed E-state index contributed by atoms with van der Waals surface area (Å²) in [5.74, 6) is -5.38. The molecule has 1 heterocycles. The fraction of sp³-hybridized carbons (Fsp3) is 0.515. The predicted molar refractivity (Wildman–Crippen MR) is 168 cm³/mol. The normalized spacial score (nSPS) is 21.4. The number of carbonyl (C=O) groups is 3. The fourth-order valence-electron chi connectivity index (χ4n) is 6.12. The molecule has 2 aromatic rings. The van der Waals surface area contributed by atoms with Gasteiger partial charge in [-0.1, -0.05) is 56.1 Å². The van der Waals surface area contributed by atoms with Crippen molar-refractivity contribution in [3.63, 3.8) is 0 Å². The van der Waals surface area contributed by atoms with Crippen LogP contribution in [0.2, 0.25) is 10.0 Å². The van der Waals surface area contributed by atoms with E-state index in [0.29, 0.717) is 27.6 Å². The maximum atomic E-state index is 14.4. The maximum Gasteiger partial charge on any atom is 0.305 e. The first-order valence-corrected chi connectivity index (χ1v) is 15.6. The van der Waals surface area contributed by atoms with Crippen LogP contribution in [0.5, 0.6) is 0 Å². The molecule has 1 saturated carbocycles. The Morgan fingerprint density at radius 1 is 1.07 bits per heavy atom. The van der Waals surface area contributed by atoms with Crippen molar-refractivity contribution < 1.29 is 28.3 Å². The lowest BCUT2D eigenvalue weighted by Crippen LogP contribution is -2.52. The molecule has 0 bridgehead atoms. The zero-order chi connectivity index (χ0) is 32.4. The van der Waals surface area contributed by atoms with Gasteiger partial charge < -0.3 is 15.3 Å². The summed E-state index contributed by atoms with van der Waals surface area (Å²) in [6, 6.07) is 11.3. The van der Waals surface area contributed by atoms with Crippen LogP contribution < -0.4 is 5.32 Å². The number of halogens is 4. The zero-order valence-electron chi connectivity index (χ0n) is 25.4. The van der Waals surface area contributed by atoms with Crippen LogP contribution in [0.3, 0.4) is 0 Å². The zero-order valence-corrected chi connectivity index (χ0v) is 26.9. The summed E-state index contributed by atoms with van der Waals surface area (Å²) in [4.78, 5) is 44.6. The number of rotatable bonds is 10. The van der Waals surface area contributed by atoms with Crippen LogP contribution in [0.1, 0.15) is 100 Å². The quantitative estimate of drug-likeness (QED) is 0.273. The minimum atomic E-state index is -2.84. The Bertz CT molecular complexity index is 1410. The fourth-order valence-corrected chi connectivity index (χ4v) is 6.65. The van der Waals surface area contributed by atoms with E-state index in [0.717, 1.165) is 18.9 Å². The minimum Gasteiger partial charge on any atom is -0.481 e. The maximum absolute atomic E-state index is 14.4.